The van der Waals surface area contributed by atoms with E-state index in [4.69, 9.17) is 27.6 Å². The lowest BCUT2D eigenvalue weighted by atomic mass is 9.90. The summed E-state index contributed by atoms with van der Waals surface area (Å²) in [5.74, 6) is 0.583. The maximum Gasteiger partial charge on any atom is 0.247 e. The van der Waals surface area contributed by atoms with Crippen LogP contribution in [0.1, 0.15) is 28.4 Å². The van der Waals surface area contributed by atoms with Gasteiger partial charge >= 0.3 is 0 Å². The third-order valence-electron chi connectivity index (χ3n) is 5.40. The molecule has 1 heterocycles. The Morgan fingerprint density at radius 2 is 1.73 bits per heavy atom. The Kier molecular flexibility index (Phi) is 7.28. The summed E-state index contributed by atoms with van der Waals surface area (Å²) >= 11 is 12.1. The van der Waals surface area contributed by atoms with E-state index in [2.05, 4.69) is 29.6 Å². The van der Waals surface area contributed by atoms with Gasteiger partial charge in [0.15, 0.2) is 0 Å². The minimum atomic E-state index is -0.368. The van der Waals surface area contributed by atoms with E-state index in [9.17, 15) is 4.79 Å². The highest BCUT2D eigenvalue weighted by molar-refractivity contribution is 6.42. The van der Waals surface area contributed by atoms with Crippen LogP contribution in [0.25, 0.3) is 11.3 Å². The summed E-state index contributed by atoms with van der Waals surface area (Å²) < 4.78 is 5.80. The lowest BCUT2D eigenvalue weighted by Crippen LogP contribution is -2.27. The number of nitrogens with one attached hydrogen (secondary N) is 1. The van der Waals surface area contributed by atoms with E-state index in [-0.39, 0.29) is 11.8 Å². The van der Waals surface area contributed by atoms with Crippen LogP contribution in [-0.4, -0.2) is 12.1 Å². The molecule has 4 rings (SSSR count). The van der Waals surface area contributed by atoms with Crippen molar-refractivity contribution in [2.75, 3.05) is 0 Å². The molecule has 0 aliphatic heterocycles. The van der Waals surface area contributed by atoms with Crippen LogP contribution >= 0.6 is 23.2 Å². The fourth-order valence-electron chi connectivity index (χ4n) is 3.57. The molecule has 3 aromatic carbocycles. The molecule has 4 nitrogen and oxygen atoms in total. The molecule has 0 saturated carbocycles. The van der Waals surface area contributed by atoms with Gasteiger partial charge in [0.2, 0.25) is 5.91 Å². The Morgan fingerprint density at radius 3 is 2.48 bits per heavy atom. The lowest BCUT2D eigenvalue weighted by Gasteiger charge is -2.17. The van der Waals surface area contributed by atoms with Gasteiger partial charge in [0, 0.05) is 5.56 Å². The van der Waals surface area contributed by atoms with Gasteiger partial charge in [-0.1, -0.05) is 77.8 Å². The molecule has 1 atom stereocenters. The Bertz CT molecular complexity index is 1280. The van der Waals surface area contributed by atoms with Gasteiger partial charge in [-0.25, -0.2) is 5.43 Å². The van der Waals surface area contributed by atoms with Gasteiger partial charge in [-0.3, -0.25) is 4.79 Å². The van der Waals surface area contributed by atoms with E-state index < -0.39 is 0 Å². The maximum absolute atomic E-state index is 13.1. The zero-order valence-corrected chi connectivity index (χ0v) is 19.5. The van der Waals surface area contributed by atoms with Gasteiger partial charge in [-0.15, -0.1) is 0 Å². The van der Waals surface area contributed by atoms with E-state index in [1.54, 1.807) is 18.2 Å². The number of benzene rings is 3. The van der Waals surface area contributed by atoms with Gasteiger partial charge in [0.25, 0.3) is 0 Å². The largest absolute Gasteiger partial charge is 0.455 e. The van der Waals surface area contributed by atoms with Gasteiger partial charge in [-0.05, 0) is 60.4 Å². The molecular weight excluding hydrogens is 455 g/mol. The van der Waals surface area contributed by atoms with Crippen molar-refractivity contribution >= 4 is 35.3 Å². The minimum absolute atomic E-state index is 0.183. The highest BCUT2D eigenvalue weighted by Crippen LogP contribution is 2.29. The first-order valence-electron chi connectivity index (χ1n) is 10.5. The Balaban J connectivity index is 1.48. The monoisotopic (exact) mass is 476 g/mol. The summed E-state index contributed by atoms with van der Waals surface area (Å²) in [4.78, 5) is 13.1. The number of halogens is 2. The number of furan rings is 1. The summed E-state index contributed by atoms with van der Waals surface area (Å²) in [5, 5.41) is 5.06. The second-order valence-corrected chi connectivity index (χ2v) is 8.47. The van der Waals surface area contributed by atoms with Crippen LogP contribution in [0.2, 0.25) is 10.0 Å². The zero-order valence-electron chi connectivity index (χ0n) is 18.0. The quantitative estimate of drug-likeness (QED) is 0.229. The van der Waals surface area contributed by atoms with Gasteiger partial charge < -0.3 is 4.42 Å². The first kappa shape index (κ1) is 22.8. The van der Waals surface area contributed by atoms with Gasteiger partial charge in [0.05, 0.1) is 22.2 Å². The van der Waals surface area contributed by atoms with Crippen molar-refractivity contribution < 1.29 is 9.21 Å². The maximum atomic E-state index is 13.1. The van der Waals surface area contributed by atoms with Crippen LogP contribution < -0.4 is 5.43 Å². The molecule has 0 aliphatic rings. The SMILES string of the molecule is Cc1ccccc1CC(C(=O)N/N=C/c1ccc(-c2ccc(Cl)c(Cl)c2)o1)c1ccccc1. The predicted molar refractivity (Wildman–Crippen MR) is 134 cm³/mol. The van der Waals surface area contributed by atoms with Crippen molar-refractivity contribution in [2.45, 2.75) is 19.3 Å². The number of carbonyl (C=O) groups excluding carboxylic acids is 1. The molecule has 4 aromatic rings. The van der Waals surface area contributed by atoms with Crippen LogP contribution in [0.4, 0.5) is 0 Å². The molecule has 0 fully saturated rings. The number of hydrogen-bond donors (Lipinski definition) is 1. The zero-order chi connectivity index (χ0) is 23.2. The fraction of sp³-hybridized carbons (Fsp3) is 0.111. The molecule has 6 heteroatoms. The van der Waals surface area contributed by atoms with Crippen molar-refractivity contribution in [1.82, 2.24) is 5.43 Å². The van der Waals surface area contributed by atoms with Crippen LogP contribution in [0, 0.1) is 6.92 Å². The summed E-state index contributed by atoms with van der Waals surface area (Å²) in [7, 11) is 0. The first-order valence-corrected chi connectivity index (χ1v) is 11.2. The molecular formula is C27H22Cl2N2O2. The van der Waals surface area contributed by atoms with E-state index in [1.807, 2.05) is 54.6 Å². The summed E-state index contributed by atoms with van der Waals surface area (Å²) in [6.07, 6.45) is 2.06. The smallest absolute Gasteiger partial charge is 0.247 e. The van der Waals surface area contributed by atoms with E-state index in [1.165, 1.54) is 6.21 Å². The van der Waals surface area contributed by atoms with Crippen LogP contribution in [0.5, 0.6) is 0 Å². The highest BCUT2D eigenvalue weighted by atomic mass is 35.5. The van der Waals surface area contributed by atoms with Crippen LogP contribution in [0.15, 0.2) is 94.4 Å². The van der Waals surface area contributed by atoms with Crippen LogP contribution in [0.3, 0.4) is 0 Å². The molecule has 1 amide bonds. The average molecular weight is 477 g/mol. The molecule has 166 valence electrons. The number of hydrogen-bond acceptors (Lipinski definition) is 3. The minimum Gasteiger partial charge on any atom is -0.455 e. The Labute approximate surface area is 202 Å². The molecule has 1 aromatic heterocycles. The van der Waals surface area contributed by atoms with E-state index in [0.717, 1.165) is 22.3 Å². The molecule has 0 spiro atoms. The Morgan fingerprint density at radius 1 is 0.970 bits per heavy atom. The number of rotatable bonds is 7. The number of nitrogens with zero attached hydrogens (tertiary/aromatic N) is 1. The van der Waals surface area contributed by atoms with Crippen molar-refractivity contribution in [3.05, 3.63) is 117 Å². The molecule has 0 radical (unpaired) electrons. The molecule has 1 N–H and O–H groups in total. The topological polar surface area (TPSA) is 54.6 Å². The summed E-state index contributed by atoms with van der Waals surface area (Å²) in [6.45, 7) is 2.05. The fourth-order valence-corrected chi connectivity index (χ4v) is 3.87. The van der Waals surface area contributed by atoms with Crippen molar-refractivity contribution in [2.24, 2.45) is 5.10 Å². The van der Waals surface area contributed by atoms with Crippen molar-refractivity contribution in [3.63, 3.8) is 0 Å². The Hall–Kier alpha value is -3.34. The predicted octanol–water partition coefficient (Wildman–Crippen LogP) is 7.04. The number of hydrazone groups is 1. The van der Waals surface area contributed by atoms with Gasteiger partial charge in [-0.2, -0.15) is 5.10 Å². The second kappa shape index (κ2) is 10.5. The lowest BCUT2D eigenvalue weighted by molar-refractivity contribution is -0.122. The van der Waals surface area contributed by atoms with Crippen molar-refractivity contribution in [1.29, 1.82) is 0 Å². The van der Waals surface area contributed by atoms with E-state index >= 15 is 0 Å². The standard InChI is InChI=1S/C27H22Cl2N2O2/c1-18-7-5-6-10-20(18)15-23(19-8-3-2-4-9-19)27(32)31-30-17-22-12-14-26(33-22)21-11-13-24(28)25(29)16-21/h2-14,16-17,23H,15H2,1H3,(H,31,32)/b30-17+. The second-order valence-electron chi connectivity index (χ2n) is 7.66. The third kappa shape index (κ3) is 5.72. The van der Waals surface area contributed by atoms with Crippen molar-refractivity contribution in [3.8, 4) is 11.3 Å². The molecule has 0 saturated heterocycles. The highest BCUT2D eigenvalue weighted by Gasteiger charge is 2.21. The average Bonchev–Trinajstić information content (AvgIpc) is 3.30. The normalized spacial score (nSPS) is 12.1. The molecule has 1 unspecified atom stereocenters. The summed E-state index contributed by atoms with van der Waals surface area (Å²) in [5.41, 5.74) is 6.69. The van der Waals surface area contributed by atoms with Crippen LogP contribution in [-0.2, 0) is 11.2 Å². The molecule has 0 aliphatic carbocycles. The third-order valence-corrected chi connectivity index (χ3v) is 6.14. The van der Waals surface area contributed by atoms with E-state index in [0.29, 0.717) is 28.0 Å². The number of amides is 1. The number of carbonyl (C=O) groups is 1. The van der Waals surface area contributed by atoms with Gasteiger partial charge in [0.1, 0.15) is 11.5 Å². The number of aryl methyl sites for hydroxylation is 1. The molecule has 0 bridgehead atoms. The first-order chi connectivity index (χ1) is 16.0. The summed E-state index contributed by atoms with van der Waals surface area (Å²) in [6, 6.07) is 26.7. The molecule has 33 heavy (non-hydrogen) atoms.